The Morgan fingerprint density at radius 3 is 2.73 bits per heavy atom. The van der Waals surface area contributed by atoms with Crippen molar-refractivity contribution in [2.24, 2.45) is 5.73 Å². The van der Waals surface area contributed by atoms with Gasteiger partial charge in [0.25, 0.3) is 0 Å². The second-order valence-electron chi connectivity index (χ2n) is 4.43. The third-order valence-corrected chi connectivity index (χ3v) is 3.19. The van der Waals surface area contributed by atoms with Crippen molar-refractivity contribution in [3.63, 3.8) is 0 Å². The topological polar surface area (TPSA) is 26.0 Å². The van der Waals surface area contributed by atoms with Crippen LogP contribution < -0.4 is 5.73 Å². The first-order valence-electron chi connectivity index (χ1n) is 5.22. The van der Waals surface area contributed by atoms with E-state index in [1.54, 1.807) is 19.1 Å². The molecule has 2 unspecified atom stereocenters. The van der Waals surface area contributed by atoms with Gasteiger partial charge in [-0.3, -0.25) is 0 Å². The first-order valence-corrected chi connectivity index (χ1v) is 5.22. The van der Waals surface area contributed by atoms with Crippen LogP contribution in [0.1, 0.15) is 30.4 Å². The Morgan fingerprint density at radius 1 is 1.47 bits per heavy atom. The van der Waals surface area contributed by atoms with Crippen LogP contribution in [-0.4, -0.2) is 6.04 Å². The zero-order valence-electron chi connectivity index (χ0n) is 8.76. The number of hydrogen-bond acceptors (Lipinski definition) is 1. The van der Waals surface area contributed by atoms with Crippen LogP contribution in [0.15, 0.2) is 18.2 Å². The van der Waals surface area contributed by atoms with E-state index in [2.05, 4.69) is 0 Å². The maximum absolute atomic E-state index is 14.4. The molecule has 2 atom stereocenters. The summed E-state index contributed by atoms with van der Waals surface area (Å²) in [5.74, 6) is -0.343. The molecule has 0 aromatic heterocycles. The minimum atomic E-state index is -1.42. The molecule has 0 saturated heterocycles. The fraction of sp³-hybridized carbons (Fsp3) is 0.500. The van der Waals surface area contributed by atoms with E-state index in [4.69, 9.17) is 5.73 Å². The number of alkyl halides is 1. The van der Waals surface area contributed by atoms with Gasteiger partial charge < -0.3 is 5.73 Å². The van der Waals surface area contributed by atoms with E-state index in [-0.39, 0.29) is 11.9 Å². The third kappa shape index (κ3) is 1.88. The van der Waals surface area contributed by atoms with Gasteiger partial charge in [0.1, 0.15) is 11.5 Å². The van der Waals surface area contributed by atoms with Crippen molar-refractivity contribution in [1.82, 2.24) is 0 Å². The molecule has 82 valence electrons. The lowest BCUT2D eigenvalue weighted by atomic mass is 9.93. The van der Waals surface area contributed by atoms with E-state index in [1.165, 1.54) is 6.07 Å². The standard InChI is InChI=1S/C12H15F2N/c1-8-2-3-9(6-11(8)13)12(14)5-4-10(15)7-12/h2-3,6,10H,4-5,7,15H2,1H3. The predicted molar refractivity (Wildman–Crippen MR) is 55.7 cm³/mol. The minimum Gasteiger partial charge on any atom is -0.328 e. The van der Waals surface area contributed by atoms with Crippen molar-refractivity contribution >= 4 is 0 Å². The lowest BCUT2D eigenvalue weighted by Gasteiger charge is -2.20. The molecule has 3 heteroatoms. The van der Waals surface area contributed by atoms with Gasteiger partial charge in [-0.1, -0.05) is 12.1 Å². The van der Waals surface area contributed by atoms with E-state index in [9.17, 15) is 8.78 Å². The lowest BCUT2D eigenvalue weighted by molar-refractivity contribution is 0.172. The second kappa shape index (κ2) is 3.56. The molecule has 1 aliphatic carbocycles. The Kier molecular flexibility index (Phi) is 2.51. The molecule has 0 bridgehead atoms. The highest BCUT2D eigenvalue weighted by Gasteiger charge is 2.39. The van der Waals surface area contributed by atoms with Crippen LogP contribution in [0.5, 0.6) is 0 Å². The molecular weight excluding hydrogens is 196 g/mol. The van der Waals surface area contributed by atoms with Gasteiger partial charge >= 0.3 is 0 Å². The summed E-state index contributed by atoms with van der Waals surface area (Å²) >= 11 is 0. The maximum Gasteiger partial charge on any atom is 0.137 e. The van der Waals surface area contributed by atoms with Gasteiger partial charge in [0.2, 0.25) is 0 Å². The van der Waals surface area contributed by atoms with Crippen molar-refractivity contribution in [3.05, 3.63) is 35.1 Å². The summed E-state index contributed by atoms with van der Waals surface area (Å²) in [5, 5.41) is 0. The van der Waals surface area contributed by atoms with Crippen molar-refractivity contribution in [2.75, 3.05) is 0 Å². The van der Waals surface area contributed by atoms with E-state index in [1.807, 2.05) is 0 Å². The highest BCUT2D eigenvalue weighted by atomic mass is 19.1. The molecular formula is C12H15F2N. The van der Waals surface area contributed by atoms with Crippen LogP contribution in [0.3, 0.4) is 0 Å². The van der Waals surface area contributed by atoms with Gasteiger partial charge in [0.05, 0.1) is 0 Å². The fourth-order valence-corrected chi connectivity index (χ4v) is 2.17. The summed E-state index contributed by atoms with van der Waals surface area (Å²) in [7, 11) is 0. The summed E-state index contributed by atoms with van der Waals surface area (Å²) in [4.78, 5) is 0. The average molecular weight is 211 g/mol. The lowest BCUT2D eigenvalue weighted by Crippen LogP contribution is -2.21. The SMILES string of the molecule is Cc1ccc(C2(F)CCC(N)C2)cc1F. The van der Waals surface area contributed by atoms with Crippen LogP contribution >= 0.6 is 0 Å². The highest BCUT2D eigenvalue weighted by Crippen LogP contribution is 2.42. The second-order valence-corrected chi connectivity index (χ2v) is 4.43. The molecule has 0 radical (unpaired) electrons. The molecule has 0 amide bonds. The Hall–Kier alpha value is -0.960. The van der Waals surface area contributed by atoms with E-state index >= 15 is 0 Å². The molecule has 0 heterocycles. The molecule has 1 aromatic rings. The first-order chi connectivity index (χ1) is 7.01. The van der Waals surface area contributed by atoms with Crippen LogP contribution in [0, 0.1) is 12.7 Å². The maximum atomic E-state index is 14.4. The summed E-state index contributed by atoms with van der Waals surface area (Å²) < 4.78 is 27.7. The van der Waals surface area contributed by atoms with Crippen LogP contribution in [0.25, 0.3) is 0 Å². The Labute approximate surface area is 88.3 Å². The molecule has 1 saturated carbocycles. The number of rotatable bonds is 1. The summed E-state index contributed by atoms with van der Waals surface area (Å²) in [6, 6.07) is 4.49. The number of halogens is 2. The van der Waals surface area contributed by atoms with Crippen molar-refractivity contribution in [2.45, 2.75) is 37.9 Å². The molecule has 0 spiro atoms. The van der Waals surface area contributed by atoms with E-state index < -0.39 is 5.67 Å². The van der Waals surface area contributed by atoms with Gasteiger partial charge in [-0.05, 0) is 37.0 Å². The van der Waals surface area contributed by atoms with Crippen LogP contribution in [-0.2, 0) is 5.67 Å². The van der Waals surface area contributed by atoms with Crippen molar-refractivity contribution < 1.29 is 8.78 Å². The summed E-state index contributed by atoms with van der Waals surface area (Å²) in [5.41, 5.74) is 5.23. The summed E-state index contributed by atoms with van der Waals surface area (Å²) in [6.07, 6.45) is 1.37. The van der Waals surface area contributed by atoms with Crippen LogP contribution in [0.2, 0.25) is 0 Å². The Balaban J connectivity index is 2.33. The predicted octanol–water partition coefficient (Wildman–Crippen LogP) is 2.81. The first kappa shape index (κ1) is 10.6. The molecule has 2 rings (SSSR count). The molecule has 2 N–H and O–H groups in total. The third-order valence-electron chi connectivity index (χ3n) is 3.19. The molecule has 1 aromatic carbocycles. The Morgan fingerprint density at radius 2 is 2.20 bits per heavy atom. The van der Waals surface area contributed by atoms with Crippen molar-refractivity contribution in [3.8, 4) is 0 Å². The fourth-order valence-electron chi connectivity index (χ4n) is 2.17. The molecule has 15 heavy (non-hydrogen) atoms. The number of benzene rings is 1. The largest absolute Gasteiger partial charge is 0.328 e. The zero-order chi connectivity index (χ0) is 11.1. The molecule has 1 nitrogen and oxygen atoms in total. The Bertz CT molecular complexity index is 378. The number of aryl methyl sites for hydroxylation is 1. The molecule has 1 fully saturated rings. The summed E-state index contributed by atoms with van der Waals surface area (Å²) in [6.45, 7) is 1.67. The monoisotopic (exact) mass is 211 g/mol. The molecule has 0 aliphatic heterocycles. The zero-order valence-corrected chi connectivity index (χ0v) is 8.76. The van der Waals surface area contributed by atoms with Gasteiger partial charge in [0.15, 0.2) is 0 Å². The van der Waals surface area contributed by atoms with Gasteiger partial charge in [-0.15, -0.1) is 0 Å². The van der Waals surface area contributed by atoms with Crippen molar-refractivity contribution in [1.29, 1.82) is 0 Å². The van der Waals surface area contributed by atoms with Gasteiger partial charge in [-0.2, -0.15) is 0 Å². The minimum absolute atomic E-state index is 0.0978. The quantitative estimate of drug-likeness (QED) is 0.759. The van der Waals surface area contributed by atoms with E-state index in [0.29, 0.717) is 30.4 Å². The number of nitrogens with two attached hydrogens (primary N) is 1. The smallest absolute Gasteiger partial charge is 0.137 e. The van der Waals surface area contributed by atoms with Gasteiger partial charge in [0, 0.05) is 12.5 Å². The average Bonchev–Trinajstić information content (AvgIpc) is 2.52. The van der Waals surface area contributed by atoms with Crippen LogP contribution in [0.4, 0.5) is 8.78 Å². The molecule has 1 aliphatic rings. The normalized spacial score (nSPS) is 30.8. The van der Waals surface area contributed by atoms with E-state index in [0.717, 1.165) is 0 Å². The van der Waals surface area contributed by atoms with Gasteiger partial charge in [-0.25, -0.2) is 8.78 Å². The number of hydrogen-bond donors (Lipinski definition) is 1. The highest BCUT2D eigenvalue weighted by molar-refractivity contribution is 5.29.